The van der Waals surface area contributed by atoms with Gasteiger partial charge in [0.25, 0.3) is 0 Å². The van der Waals surface area contributed by atoms with Crippen LogP contribution in [0.5, 0.6) is 0 Å². The van der Waals surface area contributed by atoms with Gasteiger partial charge in [-0.05, 0) is 107 Å². The van der Waals surface area contributed by atoms with Crippen molar-refractivity contribution < 1.29 is 57.5 Å². The summed E-state index contributed by atoms with van der Waals surface area (Å²) in [6.07, 6.45) is 6.86. The molecular formula is C68H104N10O12S. The Morgan fingerprint density at radius 1 is 0.571 bits per heavy atom. The molecule has 2 aromatic carbocycles. The fourth-order valence-electron chi connectivity index (χ4n) is 12.2. The van der Waals surface area contributed by atoms with Crippen LogP contribution in [0.2, 0.25) is 0 Å². The van der Waals surface area contributed by atoms with E-state index in [0.717, 1.165) is 51.0 Å². The molecule has 2 aliphatic heterocycles. The number of fused-ring (bicyclic) bond motifs is 1. The molecule has 1 saturated carbocycles. The van der Waals surface area contributed by atoms with Crippen LogP contribution in [0.15, 0.2) is 60.7 Å². The number of carbonyl (C=O) groups excluding carboxylic acids is 11. The Bertz CT molecular complexity index is 2830. The van der Waals surface area contributed by atoms with Crippen LogP contribution >= 0.6 is 11.8 Å². The lowest BCUT2D eigenvalue weighted by molar-refractivity contribution is -0.148. The molecule has 0 bridgehead atoms. The van der Waals surface area contributed by atoms with Crippen LogP contribution in [0.1, 0.15) is 165 Å². The van der Waals surface area contributed by atoms with E-state index in [4.69, 9.17) is 4.74 Å². The van der Waals surface area contributed by atoms with E-state index in [1.807, 2.05) is 27.7 Å². The summed E-state index contributed by atoms with van der Waals surface area (Å²) in [4.78, 5) is 163. The van der Waals surface area contributed by atoms with Gasteiger partial charge in [0.2, 0.25) is 59.1 Å². The third kappa shape index (κ3) is 21.5. The molecule has 91 heavy (non-hydrogen) atoms. The highest BCUT2D eigenvalue weighted by molar-refractivity contribution is 8.01. The number of benzene rings is 2. The Balaban J connectivity index is 1.60. The Hall–Kier alpha value is -7.04. The van der Waals surface area contributed by atoms with E-state index in [9.17, 15) is 47.9 Å². The van der Waals surface area contributed by atoms with Gasteiger partial charge in [-0.2, -0.15) is 0 Å². The Kier molecular flexibility index (Phi) is 28.4. The Morgan fingerprint density at radius 3 is 1.68 bits per heavy atom. The minimum Gasteiger partial charge on any atom is -0.467 e. The van der Waals surface area contributed by atoms with E-state index >= 15 is 4.79 Å². The van der Waals surface area contributed by atoms with Crippen LogP contribution in [0.3, 0.4) is 0 Å². The predicted octanol–water partition coefficient (Wildman–Crippen LogP) is 5.04. The molecule has 0 spiro atoms. The van der Waals surface area contributed by atoms with Crippen molar-refractivity contribution in [3.63, 3.8) is 0 Å². The number of amides is 10. The van der Waals surface area contributed by atoms with Crippen LogP contribution < -0.4 is 42.5 Å². The van der Waals surface area contributed by atoms with Crippen molar-refractivity contribution in [3.8, 4) is 0 Å². The molecule has 2 aromatic rings. The summed E-state index contributed by atoms with van der Waals surface area (Å²) in [5.74, 6) is -8.73. The maximum Gasteiger partial charge on any atom is 0.329 e. The molecule has 1 aliphatic carbocycles. The summed E-state index contributed by atoms with van der Waals surface area (Å²) in [6, 6.07) is 6.83. The topological polar surface area (TPSA) is 300 Å². The third-order valence-corrected chi connectivity index (χ3v) is 19.2. The van der Waals surface area contributed by atoms with Crippen LogP contribution in [0.4, 0.5) is 0 Å². The van der Waals surface area contributed by atoms with Gasteiger partial charge in [0.15, 0.2) is 0 Å². The quantitative estimate of drug-likeness (QED) is 0.115. The number of methoxy groups -OCH3 is 1. The van der Waals surface area contributed by atoms with Gasteiger partial charge in [-0.15, -0.1) is 11.8 Å². The average molecular weight is 1290 g/mol. The summed E-state index contributed by atoms with van der Waals surface area (Å²) in [6.45, 7) is 21.0. The lowest BCUT2D eigenvalue weighted by atomic mass is 9.85. The standard InChI is InChI=1S/C68H104N10O12S/c1-40(2)35-49-59(82)71-48(32-31-45-25-18-15-19-26-45)58(81)73-51(36-41(3)4)63(86)77(13)52(38-47-29-22-17-23-30-47)61(84)69-44(9)57(80)76-56(65(88)90-14)67(10,11)91-39-53(79)70-50(37-46-27-20-16-21-28-46)60(83)74-55(43(7)8)64(87)78-34-24-33-68(78,12)66(89)75-54(42(5)6)62(85)72-49/h16-17,20-23,27-30,40-45,48-52,54-56H,15,18-19,24-26,31-39H2,1-14H3,(H,69,84)(H,70,79)(H,71,82)(H,72,85)(H,73,81)(H,74,83)(H,75,89)(H,76,80)/t44-,48-,49-,50-,51-,52-,54-,55-,56?,68-/m0/s1. The molecule has 10 amide bonds. The molecule has 23 heteroatoms. The zero-order chi connectivity index (χ0) is 67.5. The first-order valence-corrected chi connectivity index (χ1v) is 33.7. The van der Waals surface area contributed by atoms with Crippen molar-refractivity contribution in [1.29, 1.82) is 0 Å². The lowest BCUT2D eigenvalue weighted by Gasteiger charge is -2.38. The van der Waals surface area contributed by atoms with E-state index in [1.165, 1.54) is 23.8 Å². The Morgan fingerprint density at radius 2 is 1.11 bits per heavy atom. The van der Waals surface area contributed by atoms with Crippen molar-refractivity contribution in [2.24, 2.45) is 29.6 Å². The molecule has 10 atom stereocenters. The van der Waals surface area contributed by atoms with E-state index in [1.54, 1.807) is 109 Å². The van der Waals surface area contributed by atoms with E-state index < -0.39 is 142 Å². The van der Waals surface area contributed by atoms with Crippen LogP contribution in [0.25, 0.3) is 0 Å². The molecule has 0 radical (unpaired) electrons. The normalized spacial score (nSPS) is 27.5. The number of ether oxygens (including phenoxy) is 1. The molecule has 2 saturated heterocycles. The molecule has 3 aliphatic rings. The molecule has 0 aromatic heterocycles. The highest BCUT2D eigenvalue weighted by Gasteiger charge is 2.50. The number of thioether (sulfide) groups is 1. The third-order valence-electron chi connectivity index (χ3n) is 17.8. The first kappa shape index (κ1) is 74.7. The first-order valence-electron chi connectivity index (χ1n) is 32.7. The molecule has 3 fully saturated rings. The van der Waals surface area contributed by atoms with E-state index in [-0.39, 0.29) is 62.7 Å². The fourth-order valence-corrected chi connectivity index (χ4v) is 13.1. The van der Waals surface area contributed by atoms with Gasteiger partial charge in [0.05, 0.1) is 12.9 Å². The number of hydrogen-bond donors (Lipinski definition) is 8. The van der Waals surface area contributed by atoms with E-state index in [0.29, 0.717) is 29.9 Å². The molecule has 504 valence electrons. The van der Waals surface area contributed by atoms with Crippen molar-refractivity contribution in [2.75, 3.05) is 26.5 Å². The maximum absolute atomic E-state index is 15.1. The summed E-state index contributed by atoms with van der Waals surface area (Å²) < 4.78 is 3.90. The van der Waals surface area contributed by atoms with Crippen molar-refractivity contribution in [3.05, 3.63) is 71.8 Å². The van der Waals surface area contributed by atoms with Gasteiger partial charge in [-0.1, -0.05) is 148 Å². The highest BCUT2D eigenvalue weighted by Crippen LogP contribution is 2.33. The monoisotopic (exact) mass is 1280 g/mol. The van der Waals surface area contributed by atoms with Crippen molar-refractivity contribution in [1.82, 2.24) is 52.3 Å². The molecule has 5 rings (SSSR count). The smallest absolute Gasteiger partial charge is 0.329 e. The van der Waals surface area contributed by atoms with Gasteiger partial charge in [-0.25, -0.2) is 4.79 Å². The number of rotatable bonds is 14. The minimum atomic E-state index is -1.49. The minimum absolute atomic E-state index is 0.00540. The number of esters is 1. The number of hydrogen-bond acceptors (Lipinski definition) is 13. The number of nitrogens with one attached hydrogen (secondary N) is 8. The summed E-state index contributed by atoms with van der Waals surface area (Å²) >= 11 is 0.995. The zero-order valence-corrected chi connectivity index (χ0v) is 57.0. The highest BCUT2D eigenvalue weighted by atomic mass is 32.2. The molecule has 2 heterocycles. The van der Waals surface area contributed by atoms with Crippen LogP contribution in [0, 0.1) is 29.6 Å². The van der Waals surface area contributed by atoms with Gasteiger partial charge in [0.1, 0.15) is 59.9 Å². The van der Waals surface area contributed by atoms with Crippen molar-refractivity contribution >= 4 is 76.8 Å². The second-order valence-electron chi connectivity index (χ2n) is 27.4. The van der Waals surface area contributed by atoms with Gasteiger partial charge in [0, 0.05) is 31.2 Å². The van der Waals surface area contributed by atoms with Gasteiger partial charge < -0.3 is 57.1 Å². The summed E-state index contributed by atoms with van der Waals surface area (Å²) in [5.41, 5.74) is -0.113. The zero-order valence-electron chi connectivity index (χ0n) is 56.2. The SMILES string of the molecule is COC(=O)C1NC(=O)[C@H](C)NC(=O)[C@H](Cc2ccccc2)N(C)C(=O)[C@H](CC(C)C)NC(=O)[C@H](CCC2CCCCC2)NC(=O)[C@H](CC(C)C)NC(=O)[C@H](C(C)C)NC(=O)[C@]2(C)CCCN2C(=O)[C@H](C(C)C)NC(=O)[C@H](Cc2ccccc2)NC(=O)CSC1(C)C. The number of carbonyl (C=O) groups is 11. The van der Waals surface area contributed by atoms with Gasteiger partial charge >= 0.3 is 5.97 Å². The molecule has 22 nitrogen and oxygen atoms in total. The largest absolute Gasteiger partial charge is 0.467 e. The van der Waals surface area contributed by atoms with Crippen LogP contribution in [-0.2, 0) is 70.3 Å². The summed E-state index contributed by atoms with van der Waals surface area (Å²) in [5, 5.41) is 23.0. The van der Waals surface area contributed by atoms with Crippen LogP contribution in [-0.4, -0.2) is 166 Å². The van der Waals surface area contributed by atoms with Crippen molar-refractivity contribution in [2.45, 2.75) is 231 Å². The second kappa shape index (κ2) is 34.6. The first-order chi connectivity index (χ1) is 42.9. The second-order valence-corrected chi connectivity index (χ2v) is 29.0. The van der Waals surface area contributed by atoms with Gasteiger partial charge in [-0.3, -0.25) is 47.9 Å². The Labute approximate surface area is 543 Å². The number of likely N-dealkylation sites (N-methyl/N-ethyl adjacent to an activating group) is 1. The maximum atomic E-state index is 15.1. The molecule has 8 N–H and O–H groups in total. The lowest BCUT2D eigenvalue weighted by Crippen LogP contribution is -2.64. The molecular weight excluding hydrogens is 1180 g/mol. The van der Waals surface area contributed by atoms with E-state index in [2.05, 4.69) is 42.5 Å². The predicted molar refractivity (Wildman–Crippen MR) is 350 cm³/mol. The number of nitrogens with zero attached hydrogens (tertiary/aromatic N) is 2. The average Bonchev–Trinajstić information content (AvgIpc) is 1.71. The molecule has 1 unspecified atom stereocenters. The summed E-state index contributed by atoms with van der Waals surface area (Å²) in [7, 11) is 2.60. The fraction of sp³-hybridized carbons (Fsp3) is 0.662.